The van der Waals surface area contributed by atoms with Crippen molar-refractivity contribution in [3.05, 3.63) is 64.1 Å². The largest absolute Gasteiger partial charge is 0.494 e. The molecule has 0 aliphatic rings. The van der Waals surface area contributed by atoms with Gasteiger partial charge in [0.2, 0.25) is 0 Å². The number of nitrogens with zero attached hydrogens (tertiary/aromatic N) is 3. The predicted octanol–water partition coefficient (Wildman–Crippen LogP) is 4.08. The Balaban J connectivity index is 1.94. The van der Waals surface area contributed by atoms with Crippen LogP contribution in [0.5, 0.6) is 5.75 Å². The Kier molecular flexibility index (Phi) is 5.09. The molecule has 27 heavy (non-hydrogen) atoms. The van der Waals surface area contributed by atoms with Gasteiger partial charge in [0.25, 0.3) is 5.91 Å². The molecule has 0 saturated heterocycles. The van der Waals surface area contributed by atoms with Gasteiger partial charge in [-0.05, 0) is 32.0 Å². The van der Waals surface area contributed by atoms with Crippen molar-refractivity contribution in [1.82, 2.24) is 14.8 Å². The molecule has 0 aliphatic heterocycles. The number of aryl methyl sites for hydroxylation is 2. The number of carbonyl (C=O) groups excluding carboxylic acids is 1. The number of halogens is 3. The Morgan fingerprint density at radius 1 is 1.19 bits per heavy atom. The minimum Gasteiger partial charge on any atom is -0.494 e. The fourth-order valence-corrected chi connectivity index (χ4v) is 2.72. The molecule has 0 fully saturated rings. The Labute approximate surface area is 158 Å². The summed E-state index contributed by atoms with van der Waals surface area (Å²) in [6.45, 7) is 3.67. The van der Waals surface area contributed by atoms with Crippen LogP contribution in [-0.2, 0) is 0 Å². The molecule has 0 unspecified atom stereocenters. The molecule has 2 aromatic heterocycles. The predicted molar refractivity (Wildman–Crippen MR) is 96.7 cm³/mol. The lowest BCUT2D eigenvalue weighted by Gasteiger charge is -2.11. The summed E-state index contributed by atoms with van der Waals surface area (Å²) in [4.78, 5) is 16.7. The van der Waals surface area contributed by atoms with Gasteiger partial charge in [-0.2, -0.15) is 5.10 Å². The van der Waals surface area contributed by atoms with Gasteiger partial charge in [0.05, 0.1) is 23.5 Å². The maximum Gasteiger partial charge on any atom is 0.275 e. The number of aromatic nitrogens is 3. The summed E-state index contributed by atoms with van der Waals surface area (Å²) in [5.41, 5.74) is 1.10. The summed E-state index contributed by atoms with van der Waals surface area (Å²) in [7, 11) is 1.21. The van der Waals surface area contributed by atoms with E-state index in [1.165, 1.54) is 13.2 Å². The summed E-state index contributed by atoms with van der Waals surface area (Å²) in [6, 6.07) is 6.61. The van der Waals surface area contributed by atoms with Gasteiger partial charge in [-0.3, -0.25) is 4.79 Å². The molecule has 0 radical (unpaired) electrons. The zero-order chi connectivity index (χ0) is 19.7. The van der Waals surface area contributed by atoms with Gasteiger partial charge >= 0.3 is 0 Å². The number of ether oxygens (including phenoxy) is 1. The second-order valence-electron chi connectivity index (χ2n) is 5.76. The molecule has 3 rings (SSSR count). The van der Waals surface area contributed by atoms with Gasteiger partial charge in [-0.1, -0.05) is 11.6 Å². The smallest absolute Gasteiger partial charge is 0.275 e. The highest BCUT2D eigenvalue weighted by molar-refractivity contribution is 6.34. The summed E-state index contributed by atoms with van der Waals surface area (Å²) < 4.78 is 34.1. The molecule has 1 N–H and O–H groups in total. The van der Waals surface area contributed by atoms with Crippen molar-refractivity contribution < 1.29 is 18.3 Å². The van der Waals surface area contributed by atoms with Crippen LogP contribution < -0.4 is 10.1 Å². The number of carbonyl (C=O) groups is 1. The fourth-order valence-electron chi connectivity index (χ4n) is 2.53. The van der Waals surface area contributed by atoms with Crippen molar-refractivity contribution in [1.29, 1.82) is 0 Å². The average Bonchev–Trinajstić information content (AvgIpc) is 2.96. The van der Waals surface area contributed by atoms with Crippen molar-refractivity contribution in [2.45, 2.75) is 13.8 Å². The monoisotopic (exact) mass is 392 g/mol. The Morgan fingerprint density at radius 3 is 2.56 bits per heavy atom. The first-order valence-corrected chi connectivity index (χ1v) is 8.22. The molecular weight excluding hydrogens is 378 g/mol. The van der Waals surface area contributed by atoms with Crippen LogP contribution in [0.25, 0.3) is 5.82 Å². The summed E-state index contributed by atoms with van der Waals surface area (Å²) in [6.07, 6.45) is 0. The third-order valence-electron chi connectivity index (χ3n) is 3.76. The van der Waals surface area contributed by atoms with Crippen LogP contribution in [0.2, 0.25) is 5.02 Å². The first kappa shape index (κ1) is 18.8. The van der Waals surface area contributed by atoms with E-state index in [9.17, 15) is 13.6 Å². The molecule has 3 aromatic rings. The topological polar surface area (TPSA) is 69.0 Å². The van der Waals surface area contributed by atoms with Gasteiger partial charge in [0.15, 0.2) is 23.2 Å². The van der Waals surface area contributed by atoms with E-state index in [1.54, 1.807) is 10.7 Å². The van der Waals surface area contributed by atoms with Gasteiger partial charge in [-0.25, -0.2) is 18.4 Å². The number of hydrogen-bond donors (Lipinski definition) is 1. The number of rotatable bonds is 4. The molecular formula is C18H15ClF2N4O2. The fraction of sp³-hybridized carbons (Fsp3) is 0.167. The number of amides is 1. The van der Waals surface area contributed by atoms with E-state index in [0.717, 1.165) is 23.5 Å². The molecule has 0 spiro atoms. The number of pyridine rings is 1. The molecule has 0 bridgehead atoms. The summed E-state index contributed by atoms with van der Waals surface area (Å²) in [5, 5.41) is 6.63. The van der Waals surface area contributed by atoms with Crippen molar-refractivity contribution in [3.63, 3.8) is 0 Å². The second-order valence-corrected chi connectivity index (χ2v) is 6.17. The third kappa shape index (κ3) is 3.75. The van der Waals surface area contributed by atoms with Crippen LogP contribution in [-0.4, -0.2) is 27.8 Å². The lowest BCUT2D eigenvalue weighted by atomic mass is 10.2. The lowest BCUT2D eigenvalue weighted by molar-refractivity contribution is 0.102. The molecule has 2 heterocycles. The standard InChI is InChI=1S/C18H15ClF2N4O2/c1-9-6-10(2)25(24-9)16-5-4-11(19)17(23-16)18(26)22-14-7-13(21)15(27-3)8-12(14)20/h4-8H,1-3H3,(H,22,26). The Morgan fingerprint density at radius 2 is 1.93 bits per heavy atom. The maximum atomic E-state index is 14.1. The zero-order valence-electron chi connectivity index (χ0n) is 14.7. The van der Waals surface area contributed by atoms with E-state index in [2.05, 4.69) is 15.4 Å². The van der Waals surface area contributed by atoms with Crippen LogP contribution in [0.15, 0.2) is 30.3 Å². The van der Waals surface area contributed by atoms with Crippen LogP contribution in [0.1, 0.15) is 21.9 Å². The second kappa shape index (κ2) is 7.32. The molecule has 0 aliphatic carbocycles. The average molecular weight is 393 g/mol. The van der Waals surface area contributed by atoms with E-state index in [0.29, 0.717) is 5.82 Å². The van der Waals surface area contributed by atoms with E-state index >= 15 is 0 Å². The molecule has 140 valence electrons. The molecule has 1 aromatic carbocycles. The first-order chi connectivity index (χ1) is 12.8. The SMILES string of the molecule is COc1cc(F)c(NC(=O)c2nc(-n3nc(C)cc3C)ccc2Cl)cc1F. The van der Waals surface area contributed by atoms with Crippen molar-refractivity contribution in [2.24, 2.45) is 0 Å². The van der Waals surface area contributed by atoms with Crippen LogP contribution in [0.4, 0.5) is 14.5 Å². The number of methoxy groups -OCH3 is 1. The highest BCUT2D eigenvalue weighted by Gasteiger charge is 2.18. The van der Waals surface area contributed by atoms with Gasteiger partial charge < -0.3 is 10.1 Å². The number of anilines is 1. The van der Waals surface area contributed by atoms with E-state index in [1.807, 2.05) is 19.9 Å². The number of nitrogens with one attached hydrogen (secondary N) is 1. The van der Waals surface area contributed by atoms with Gasteiger partial charge in [-0.15, -0.1) is 0 Å². The Hall–Kier alpha value is -3.00. The molecule has 6 nitrogen and oxygen atoms in total. The lowest BCUT2D eigenvalue weighted by Crippen LogP contribution is -2.17. The van der Waals surface area contributed by atoms with Crippen LogP contribution >= 0.6 is 11.6 Å². The normalized spacial score (nSPS) is 10.7. The third-order valence-corrected chi connectivity index (χ3v) is 4.07. The summed E-state index contributed by atoms with van der Waals surface area (Å²) >= 11 is 6.07. The number of hydrogen-bond acceptors (Lipinski definition) is 4. The minimum absolute atomic E-state index is 0.0622. The van der Waals surface area contributed by atoms with Crippen molar-refractivity contribution >= 4 is 23.2 Å². The van der Waals surface area contributed by atoms with Crippen LogP contribution in [0.3, 0.4) is 0 Å². The zero-order valence-corrected chi connectivity index (χ0v) is 15.4. The van der Waals surface area contributed by atoms with Gasteiger partial charge in [0.1, 0.15) is 5.69 Å². The number of benzene rings is 1. The van der Waals surface area contributed by atoms with Crippen molar-refractivity contribution in [3.8, 4) is 11.6 Å². The summed E-state index contributed by atoms with van der Waals surface area (Å²) in [5.74, 6) is -2.35. The Bertz CT molecular complexity index is 1040. The first-order valence-electron chi connectivity index (χ1n) is 7.84. The van der Waals surface area contributed by atoms with Crippen molar-refractivity contribution in [2.75, 3.05) is 12.4 Å². The highest BCUT2D eigenvalue weighted by atomic mass is 35.5. The molecule has 1 amide bonds. The minimum atomic E-state index is -0.854. The quantitative estimate of drug-likeness (QED) is 0.726. The highest BCUT2D eigenvalue weighted by Crippen LogP contribution is 2.26. The van der Waals surface area contributed by atoms with E-state index < -0.39 is 17.5 Å². The van der Waals surface area contributed by atoms with E-state index in [4.69, 9.17) is 16.3 Å². The molecule has 0 atom stereocenters. The maximum absolute atomic E-state index is 14.1. The van der Waals surface area contributed by atoms with Crippen LogP contribution in [0, 0.1) is 25.5 Å². The van der Waals surface area contributed by atoms with Gasteiger partial charge in [0, 0.05) is 17.8 Å². The molecule has 9 heteroatoms. The molecule has 0 saturated carbocycles. The van der Waals surface area contributed by atoms with E-state index in [-0.39, 0.29) is 22.2 Å².